The van der Waals surface area contributed by atoms with Crippen molar-refractivity contribution in [3.63, 3.8) is 0 Å². The van der Waals surface area contributed by atoms with Crippen molar-refractivity contribution < 1.29 is 5.11 Å². The molecule has 1 aliphatic heterocycles. The fourth-order valence-electron chi connectivity index (χ4n) is 3.10. The van der Waals surface area contributed by atoms with Gasteiger partial charge in [0.25, 0.3) is 0 Å². The van der Waals surface area contributed by atoms with Crippen molar-refractivity contribution in [3.8, 4) is 0 Å². The van der Waals surface area contributed by atoms with Gasteiger partial charge in [-0.3, -0.25) is 9.71 Å². The van der Waals surface area contributed by atoms with E-state index in [1.54, 1.807) is 29.9 Å². The number of nitrogens with zero attached hydrogens (tertiary/aromatic N) is 4. The van der Waals surface area contributed by atoms with Crippen LogP contribution in [0.2, 0.25) is 0 Å². The number of hydrogen-bond acceptors (Lipinski definition) is 10. The van der Waals surface area contributed by atoms with Crippen LogP contribution < -0.4 is 15.4 Å². The predicted molar refractivity (Wildman–Crippen MR) is 142 cm³/mol. The maximum Gasteiger partial charge on any atom is 0.229 e. The molecule has 4 N–H and O–H groups in total. The van der Waals surface area contributed by atoms with E-state index in [-0.39, 0.29) is 6.61 Å². The summed E-state index contributed by atoms with van der Waals surface area (Å²) in [5.41, 5.74) is 3.72. The second kappa shape index (κ2) is 14.0. The Morgan fingerprint density at radius 1 is 1.24 bits per heavy atom. The van der Waals surface area contributed by atoms with Crippen LogP contribution in [-0.2, 0) is 6.61 Å². The number of anilines is 3. The Labute approximate surface area is 210 Å². The van der Waals surface area contributed by atoms with Crippen molar-refractivity contribution in [1.82, 2.24) is 24.6 Å². The normalized spacial score (nSPS) is 14.9. The minimum Gasteiger partial charge on any atom is -0.391 e. The summed E-state index contributed by atoms with van der Waals surface area (Å²) in [6.07, 6.45) is 7.82. The standard InChI is InChI=1S/C20H28N6S.C4H5NOS/c1-4-15(2)22-19-9-12-21-20(24-19)23-16-5-7-18(8-6-16)27-25-17-10-13-26(3)14-11-17;6-2-4-1-5-3-7-4/h4-9,12,17,25H,10-11,13-14H2,1-3H3,(H2,21,22,23,24);1,3,6H,2H2/b15-4+;. The maximum absolute atomic E-state index is 8.40. The summed E-state index contributed by atoms with van der Waals surface area (Å²) in [5, 5.41) is 14.9. The van der Waals surface area contributed by atoms with Gasteiger partial charge >= 0.3 is 0 Å². The molecule has 1 saturated heterocycles. The van der Waals surface area contributed by atoms with Crippen molar-refractivity contribution in [2.24, 2.45) is 0 Å². The molecule has 0 bridgehead atoms. The minimum absolute atomic E-state index is 0.116. The summed E-state index contributed by atoms with van der Waals surface area (Å²) >= 11 is 3.17. The van der Waals surface area contributed by atoms with Crippen LogP contribution in [0.3, 0.4) is 0 Å². The number of benzene rings is 1. The van der Waals surface area contributed by atoms with E-state index in [0.717, 1.165) is 22.1 Å². The first-order valence-corrected chi connectivity index (χ1v) is 12.9. The fraction of sp³-hybridized carbons (Fsp3) is 0.375. The quantitative estimate of drug-likeness (QED) is 0.323. The zero-order valence-electron chi connectivity index (χ0n) is 19.9. The molecule has 1 fully saturated rings. The molecule has 34 heavy (non-hydrogen) atoms. The van der Waals surface area contributed by atoms with E-state index in [2.05, 4.69) is 66.5 Å². The highest BCUT2D eigenvalue weighted by atomic mass is 32.2. The lowest BCUT2D eigenvalue weighted by Crippen LogP contribution is -2.38. The Kier molecular flexibility index (Phi) is 10.8. The molecule has 0 aliphatic carbocycles. The minimum atomic E-state index is 0.116. The van der Waals surface area contributed by atoms with Gasteiger partial charge in [0.15, 0.2) is 0 Å². The monoisotopic (exact) mass is 499 g/mol. The van der Waals surface area contributed by atoms with Gasteiger partial charge in [-0.2, -0.15) is 4.98 Å². The molecule has 1 aromatic carbocycles. The molecular formula is C24H33N7OS2. The van der Waals surface area contributed by atoms with E-state index in [0.29, 0.717) is 12.0 Å². The number of aromatic nitrogens is 3. The average molecular weight is 500 g/mol. The van der Waals surface area contributed by atoms with Crippen molar-refractivity contribution in [2.45, 2.75) is 44.2 Å². The van der Waals surface area contributed by atoms with Gasteiger partial charge in [-0.15, -0.1) is 11.3 Å². The van der Waals surface area contributed by atoms with Gasteiger partial charge in [0.1, 0.15) is 5.82 Å². The molecule has 0 radical (unpaired) electrons. The third-order valence-corrected chi connectivity index (χ3v) is 6.95. The summed E-state index contributed by atoms with van der Waals surface area (Å²) in [6.45, 7) is 6.45. The Morgan fingerprint density at radius 2 is 2.00 bits per heavy atom. The molecule has 4 rings (SSSR count). The second-order valence-corrected chi connectivity index (χ2v) is 9.82. The van der Waals surface area contributed by atoms with E-state index in [4.69, 9.17) is 5.11 Å². The number of thiazole rings is 1. The topological polar surface area (TPSA) is 98.2 Å². The molecule has 0 unspecified atom stereocenters. The first-order chi connectivity index (χ1) is 16.6. The number of aliphatic hydroxyl groups is 1. The lowest BCUT2D eigenvalue weighted by Gasteiger charge is -2.29. The van der Waals surface area contributed by atoms with Crippen molar-refractivity contribution in [3.05, 3.63) is 64.9 Å². The molecule has 0 amide bonds. The SMILES string of the molecule is C/C=C(\C)Nc1ccnc(Nc2ccc(SNC3CCN(C)CC3)cc2)n1.OCc1cncs1. The third kappa shape index (κ3) is 9.03. The van der Waals surface area contributed by atoms with Gasteiger partial charge in [0, 0.05) is 39.6 Å². The zero-order valence-corrected chi connectivity index (χ0v) is 21.5. The smallest absolute Gasteiger partial charge is 0.229 e. The zero-order chi connectivity index (χ0) is 24.2. The predicted octanol–water partition coefficient (Wildman–Crippen LogP) is 4.88. The second-order valence-electron chi connectivity index (χ2n) is 7.93. The van der Waals surface area contributed by atoms with Crippen molar-refractivity contribution in [2.75, 3.05) is 30.8 Å². The van der Waals surface area contributed by atoms with Crippen LogP contribution in [0, 0.1) is 0 Å². The molecule has 0 saturated carbocycles. The molecule has 10 heteroatoms. The number of nitrogens with one attached hydrogen (secondary N) is 3. The van der Waals surface area contributed by atoms with Gasteiger partial charge in [0.2, 0.25) is 5.95 Å². The first-order valence-electron chi connectivity index (χ1n) is 11.2. The summed E-state index contributed by atoms with van der Waals surface area (Å²) in [4.78, 5) is 17.0. The highest BCUT2D eigenvalue weighted by Crippen LogP contribution is 2.22. The molecule has 0 atom stereocenters. The van der Waals surface area contributed by atoms with Crippen LogP contribution in [0.4, 0.5) is 17.5 Å². The van der Waals surface area contributed by atoms with Crippen LogP contribution in [-0.4, -0.2) is 51.1 Å². The van der Waals surface area contributed by atoms with Crippen LogP contribution in [0.15, 0.2) is 64.9 Å². The maximum atomic E-state index is 8.40. The van der Waals surface area contributed by atoms with Crippen LogP contribution in [0.25, 0.3) is 0 Å². The molecule has 8 nitrogen and oxygen atoms in total. The number of hydrogen-bond donors (Lipinski definition) is 4. The highest BCUT2D eigenvalue weighted by molar-refractivity contribution is 7.97. The Morgan fingerprint density at radius 3 is 2.62 bits per heavy atom. The third-order valence-electron chi connectivity index (χ3n) is 5.23. The summed E-state index contributed by atoms with van der Waals surface area (Å²) in [5.74, 6) is 1.35. The first kappa shape index (κ1) is 26.1. The average Bonchev–Trinajstić information content (AvgIpc) is 3.39. The number of rotatable bonds is 8. The van der Waals surface area contributed by atoms with E-state index in [1.807, 2.05) is 26.0 Å². The Hall–Kier alpha value is -2.50. The summed E-state index contributed by atoms with van der Waals surface area (Å²) in [7, 11) is 2.19. The number of piperidine rings is 1. The number of aliphatic hydroxyl groups excluding tert-OH is 1. The van der Waals surface area contributed by atoms with Gasteiger partial charge in [-0.05, 0) is 89.1 Å². The van der Waals surface area contributed by atoms with Crippen molar-refractivity contribution in [1.29, 1.82) is 0 Å². The molecule has 2 aromatic heterocycles. The van der Waals surface area contributed by atoms with Gasteiger partial charge in [0.05, 0.1) is 12.1 Å². The van der Waals surface area contributed by atoms with Crippen LogP contribution >= 0.6 is 23.3 Å². The van der Waals surface area contributed by atoms with Gasteiger partial charge < -0.3 is 20.6 Å². The number of allylic oxidation sites excluding steroid dienone is 2. The van der Waals surface area contributed by atoms with Crippen LogP contribution in [0.1, 0.15) is 31.6 Å². The summed E-state index contributed by atoms with van der Waals surface area (Å²) < 4.78 is 3.59. The lowest BCUT2D eigenvalue weighted by atomic mass is 10.1. The number of likely N-dealkylation sites (tertiary alicyclic amines) is 1. The van der Waals surface area contributed by atoms with Gasteiger partial charge in [-0.1, -0.05) is 6.08 Å². The largest absolute Gasteiger partial charge is 0.391 e. The van der Waals surface area contributed by atoms with Crippen LogP contribution in [0.5, 0.6) is 0 Å². The molecule has 182 valence electrons. The van der Waals surface area contributed by atoms with Crippen molar-refractivity contribution >= 4 is 40.7 Å². The van der Waals surface area contributed by atoms with Gasteiger partial charge in [-0.25, -0.2) is 4.98 Å². The molecule has 0 spiro atoms. The Balaban J connectivity index is 0.000000396. The molecule has 3 aromatic rings. The molecule has 3 heterocycles. The molecule has 1 aliphatic rings. The fourth-order valence-corrected chi connectivity index (χ4v) is 4.36. The molecular weight excluding hydrogens is 466 g/mol. The van der Waals surface area contributed by atoms with E-state index in [9.17, 15) is 0 Å². The van der Waals surface area contributed by atoms with E-state index < -0.39 is 0 Å². The van der Waals surface area contributed by atoms with E-state index in [1.165, 1.54) is 42.2 Å². The Bertz CT molecular complexity index is 1000. The lowest BCUT2D eigenvalue weighted by molar-refractivity contribution is 0.250. The summed E-state index contributed by atoms with van der Waals surface area (Å²) in [6, 6.07) is 10.8. The van der Waals surface area contributed by atoms with E-state index >= 15 is 0 Å². The highest BCUT2D eigenvalue weighted by Gasteiger charge is 2.16.